The predicted molar refractivity (Wildman–Crippen MR) is 50.6 cm³/mol. The van der Waals surface area contributed by atoms with Gasteiger partial charge in [0.1, 0.15) is 0 Å². The van der Waals surface area contributed by atoms with Crippen LogP contribution in [0, 0.1) is 0 Å². The molecule has 0 aliphatic carbocycles. The summed E-state index contributed by atoms with van der Waals surface area (Å²) in [7, 11) is -15.3. The molecule has 0 aromatic rings. The van der Waals surface area contributed by atoms with Crippen molar-refractivity contribution in [2.24, 2.45) is 0 Å². The van der Waals surface area contributed by atoms with Crippen molar-refractivity contribution in [2.45, 2.75) is 21.9 Å². The van der Waals surface area contributed by atoms with Gasteiger partial charge >= 0.3 is 42.2 Å². The van der Waals surface area contributed by atoms with Crippen molar-refractivity contribution < 1.29 is 68.7 Å². The van der Waals surface area contributed by atoms with Gasteiger partial charge in [-0.3, -0.25) is 0 Å². The first-order valence-corrected chi connectivity index (χ1v) is 8.09. The summed E-state index contributed by atoms with van der Waals surface area (Å²) in [6, 6.07) is 0. The Morgan fingerprint density at radius 1 is 0.783 bits per heavy atom. The Balaban J connectivity index is 6.18. The van der Waals surface area contributed by atoms with Crippen LogP contribution in [0.3, 0.4) is 0 Å². The van der Waals surface area contributed by atoms with Crippen LogP contribution in [0.5, 0.6) is 0 Å². The molecule has 23 heavy (non-hydrogen) atoms. The Morgan fingerprint density at radius 2 is 1.13 bits per heavy atom. The van der Waals surface area contributed by atoms with Crippen LogP contribution in [-0.4, -0.2) is 47.5 Å². The summed E-state index contributed by atoms with van der Waals surface area (Å²) >= 11 is -5.12. The highest BCUT2D eigenvalue weighted by atomic mass is 32.3. The van der Waals surface area contributed by atoms with Crippen molar-refractivity contribution >= 4 is 31.3 Å². The third-order valence-corrected chi connectivity index (χ3v) is 5.31. The number of hydrogen-bond acceptors (Lipinski definition) is 6. The molecule has 0 rings (SSSR count). The maximum Gasteiger partial charge on any atom is 0.524 e. The molecule has 0 spiro atoms. The van der Waals surface area contributed by atoms with Crippen molar-refractivity contribution in [1.82, 2.24) is 0 Å². The van der Waals surface area contributed by atoms with E-state index in [0.717, 1.165) is 0 Å². The third-order valence-electron chi connectivity index (χ3n) is 1.73. The second-order valence-corrected chi connectivity index (χ2v) is 7.63. The van der Waals surface area contributed by atoms with E-state index in [9.17, 15) is 60.6 Å². The first-order chi connectivity index (χ1) is 9.65. The molecule has 0 radical (unpaired) electrons. The summed E-state index contributed by atoms with van der Waals surface area (Å²) in [5.41, 5.74) is -6.69. The fraction of sp³-hybridized carbons (Fsp3) is 1.00. The minimum atomic E-state index is -7.89. The molecule has 0 bridgehead atoms. The zero-order valence-corrected chi connectivity index (χ0v) is 12.0. The minimum absolute atomic E-state index is 1.89. The van der Waals surface area contributed by atoms with E-state index < -0.39 is 53.3 Å². The van der Waals surface area contributed by atoms with E-state index >= 15 is 0 Å². The molecular weight excluding hydrogens is 427 g/mol. The van der Waals surface area contributed by atoms with Gasteiger partial charge in [-0.2, -0.15) is 56.3 Å². The van der Waals surface area contributed by atoms with Crippen molar-refractivity contribution in [3.05, 3.63) is 0 Å². The average Bonchev–Trinajstić information content (AvgIpc) is 2.24. The molecule has 0 aliphatic heterocycles. The molecule has 1 unspecified atom stereocenters. The summed E-state index contributed by atoms with van der Waals surface area (Å²) in [6.45, 7) is 0. The molecule has 140 valence electrons. The van der Waals surface area contributed by atoms with Gasteiger partial charge in [-0.1, -0.05) is 0 Å². The van der Waals surface area contributed by atoms with E-state index in [2.05, 4.69) is 0 Å². The Bertz CT molecular complexity index is 689. The summed E-state index contributed by atoms with van der Waals surface area (Å²) in [4.78, 5) is 0. The maximum absolute atomic E-state index is 12.9. The van der Waals surface area contributed by atoms with Crippen LogP contribution in [0.2, 0.25) is 0 Å². The second-order valence-electron chi connectivity index (χ2n) is 3.28. The molecular formula is C4HF9O7S3. The summed E-state index contributed by atoms with van der Waals surface area (Å²) in [6.07, 6.45) is 0. The fourth-order valence-corrected chi connectivity index (χ4v) is 3.08. The molecule has 0 saturated carbocycles. The van der Waals surface area contributed by atoms with Gasteiger partial charge in [-0.05, 0) is 0 Å². The highest BCUT2D eigenvalue weighted by molar-refractivity contribution is 8.00. The number of alkyl halides is 9. The van der Waals surface area contributed by atoms with Crippen LogP contribution in [0.15, 0.2) is 0 Å². The lowest BCUT2D eigenvalue weighted by atomic mass is 10.3. The lowest BCUT2D eigenvalue weighted by Crippen LogP contribution is -2.60. The SMILES string of the molecule is O=S(O)C(F)(F)C(F)(F)C(F)(F)S(=O)(=O)OS(=O)(=O)C(F)(F)F. The van der Waals surface area contributed by atoms with Crippen LogP contribution >= 0.6 is 0 Å². The highest BCUT2D eigenvalue weighted by Gasteiger charge is 2.81. The van der Waals surface area contributed by atoms with Crippen LogP contribution in [0.25, 0.3) is 0 Å². The minimum Gasteiger partial charge on any atom is -0.301 e. The third kappa shape index (κ3) is 3.56. The van der Waals surface area contributed by atoms with Gasteiger partial charge in [0.2, 0.25) is 11.1 Å². The van der Waals surface area contributed by atoms with Gasteiger partial charge in [-0.25, -0.2) is 4.21 Å². The summed E-state index contributed by atoms with van der Waals surface area (Å²) in [5.74, 6) is -7.32. The molecule has 1 atom stereocenters. The smallest absolute Gasteiger partial charge is 0.301 e. The van der Waals surface area contributed by atoms with E-state index in [1.165, 1.54) is 0 Å². The predicted octanol–water partition coefficient (Wildman–Crippen LogP) is 1.23. The molecule has 19 heteroatoms. The molecule has 0 amide bonds. The average molecular weight is 428 g/mol. The van der Waals surface area contributed by atoms with Crippen molar-refractivity contribution in [3.8, 4) is 0 Å². The molecule has 0 aliphatic rings. The van der Waals surface area contributed by atoms with E-state index in [4.69, 9.17) is 4.55 Å². The topological polar surface area (TPSA) is 115 Å². The molecule has 0 saturated heterocycles. The monoisotopic (exact) mass is 428 g/mol. The summed E-state index contributed by atoms with van der Waals surface area (Å²) in [5, 5.41) is -14.0. The maximum atomic E-state index is 12.9. The Morgan fingerprint density at radius 3 is 1.39 bits per heavy atom. The quantitative estimate of drug-likeness (QED) is 0.384. The lowest BCUT2D eigenvalue weighted by Gasteiger charge is -2.29. The van der Waals surface area contributed by atoms with Gasteiger partial charge in [0.25, 0.3) is 0 Å². The Hall–Kier alpha value is -0.660. The first-order valence-electron chi connectivity index (χ1n) is 4.16. The number of halogens is 9. The standard InChI is InChI=1S/C4HF9O7S3/c5-1(6,2(7,8)21(14)15)3(9,10)22(16,17)20-23(18,19)4(11,12)13/h(H,14,15). The highest BCUT2D eigenvalue weighted by Crippen LogP contribution is 2.50. The van der Waals surface area contributed by atoms with Crippen LogP contribution in [-0.2, 0) is 34.9 Å². The largest absolute Gasteiger partial charge is 0.524 e. The lowest BCUT2D eigenvalue weighted by molar-refractivity contribution is -0.245. The molecule has 0 aromatic heterocycles. The second kappa shape index (κ2) is 5.70. The van der Waals surface area contributed by atoms with Crippen molar-refractivity contribution in [1.29, 1.82) is 0 Å². The van der Waals surface area contributed by atoms with Gasteiger partial charge in [0.05, 0.1) is 0 Å². The Labute approximate surface area is 122 Å². The number of hydrogen-bond donors (Lipinski definition) is 1. The zero-order valence-electron chi connectivity index (χ0n) is 9.52. The van der Waals surface area contributed by atoms with Crippen LogP contribution in [0.4, 0.5) is 39.5 Å². The van der Waals surface area contributed by atoms with Crippen molar-refractivity contribution in [2.75, 3.05) is 0 Å². The summed E-state index contributed by atoms with van der Waals surface area (Å²) < 4.78 is 173. The molecule has 0 fully saturated rings. The first kappa shape index (κ1) is 22.3. The molecule has 7 nitrogen and oxygen atoms in total. The zero-order chi connectivity index (χ0) is 19.3. The normalized spacial score (nSPS) is 17.1. The van der Waals surface area contributed by atoms with Gasteiger partial charge < -0.3 is 4.55 Å². The van der Waals surface area contributed by atoms with Crippen LogP contribution < -0.4 is 0 Å². The van der Waals surface area contributed by atoms with E-state index in [0.29, 0.717) is 0 Å². The molecule has 0 aromatic carbocycles. The van der Waals surface area contributed by atoms with E-state index in [1.807, 2.05) is 3.63 Å². The van der Waals surface area contributed by atoms with Gasteiger partial charge in [-0.15, -0.1) is 3.63 Å². The van der Waals surface area contributed by atoms with Gasteiger partial charge in [0.15, 0.2) is 0 Å². The fourth-order valence-electron chi connectivity index (χ4n) is 0.635. The Kier molecular flexibility index (Phi) is 5.54. The van der Waals surface area contributed by atoms with E-state index in [1.54, 1.807) is 0 Å². The van der Waals surface area contributed by atoms with Gasteiger partial charge in [0, 0.05) is 0 Å². The van der Waals surface area contributed by atoms with Crippen LogP contribution in [0.1, 0.15) is 0 Å². The number of rotatable bonds is 6. The van der Waals surface area contributed by atoms with E-state index in [-0.39, 0.29) is 0 Å². The molecule has 1 N–H and O–H groups in total. The molecule has 0 heterocycles. The van der Waals surface area contributed by atoms with Crippen molar-refractivity contribution in [3.63, 3.8) is 0 Å².